The summed E-state index contributed by atoms with van der Waals surface area (Å²) in [5.74, 6) is -2.47. The smallest absolute Gasteiger partial charge is 0.326 e. The van der Waals surface area contributed by atoms with Gasteiger partial charge in [-0.1, -0.05) is 13.8 Å². The standard InChI is InChI=1S/C12H19NO5/c1-7-5-9(12(17)18)13(6-7)11(16)8(2)3-4-10(14)15/h7-9H,3-6H2,1-2H3,(H,14,15)(H,17,18)/t7?,8?,9-/m0/s1. The first-order valence-corrected chi connectivity index (χ1v) is 6.08. The highest BCUT2D eigenvalue weighted by molar-refractivity contribution is 5.85. The maximum atomic E-state index is 12.1. The number of amides is 1. The van der Waals surface area contributed by atoms with Crippen LogP contribution in [0.1, 0.15) is 33.1 Å². The van der Waals surface area contributed by atoms with Crippen LogP contribution in [0.2, 0.25) is 0 Å². The molecule has 0 spiro atoms. The Morgan fingerprint density at radius 2 is 1.94 bits per heavy atom. The van der Waals surface area contributed by atoms with Crippen LogP contribution in [0.15, 0.2) is 0 Å². The number of rotatable bonds is 5. The number of aliphatic carboxylic acids is 2. The second kappa shape index (κ2) is 5.84. The Kier molecular flexibility index (Phi) is 4.69. The van der Waals surface area contributed by atoms with E-state index in [4.69, 9.17) is 10.2 Å². The summed E-state index contributed by atoms with van der Waals surface area (Å²) >= 11 is 0. The number of hydrogen-bond donors (Lipinski definition) is 2. The summed E-state index contributed by atoms with van der Waals surface area (Å²) in [4.78, 5) is 35.0. The summed E-state index contributed by atoms with van der Waals surface area (Å²) in [6.45, 7) is 3.99. The third-order valence-corrected chi connectivity index (χ3v) is 3.29. The maximum absolute atomic E-state index is 12.1. The molecule has 102 valence electrons. The van der Waals surface area contributed by atoms with Crippen LogP contribution in [0.25, 0.3) is 0 Å². The molecule has 0 saturated carbocycles. The lowest BCUT2D eigenvalue weighted by Gasteiger charge is -2.24. The monoisotopic (exact) mass is 257 g/mol. The molecule has 1 heterocycles. The van der Waals surface area contributed by atoms with Gasteiger partial charge in [-0.3, -0.25) is 9.59 Å². The van der Waals surface area contributed by atoms with Crippen molar-refractivity contribution in [3.63, 3.8) is 0 Å². The van der Waals surface area contributed by atoms with Gasteiger partial charge in [0.15, 0.2) is 0 Å². The largest absolute Gasteiger partial charge is 0.481 e. The van der Waals surface area contributed by atoms with Gasteiger partial charge in [0, 0.05) is 18.9 Å². The second-order valence-corrected chi connectivity index (χ2v) is 5.02. The third kappa shape index (κ3) is 3.45. The molecule has 2 unspecified atom stereocenters. The minimum Gasteiger partial charge on any atom is -0.481 e. The van der Waals surface area contributed by atoms with Crippen LogP contribution < -0.4 is 0 Å². The number of carbonyl (C=O) groups excluding carboxylic acids is 1. The number of carboxylic acids is 2. The van der Waals surface area contributed by atoms with E-state index in [9.17, 15) is 14.4 Å². The molecule has 0 aromatic heterocycles. The zero-order valence-corrected chi connectivity index (χ0v) is 10.6. The van der Waals surface area contributed by atoms with E-state index in [1.807, 2.05) is 6.92 Å². The van der Waals surface area contributed by atoms with Crippen molar-refractivity contribution < 1.29 is 24.6 Å². The van der Waals surface area contributed by atoms with Gasteiger partial charge < -0.3 is 15.1 Å². The quantitative estimate of drug-likeness (QED) is 0.760. The van der Waals surface area contributed by atoms with Crippen LogP contribution in [-0.4, -0.2) is 45.5 Å². The molecule has 1 fully saturated rings. The molecule has 2 N–H and O–H groups in total. The van der Waals surface area contributed by atoms with E-state index in [0.717, 1.165) is 0 Å². The van der Waals surface area contributed by atoms with Crippen molar-refractivity contribution in [3.8, 4) is 0 Å². The topological polar surface area (TPSA) is 94.9 Å². The van der Waals surface area contributed by atoms with Crippen LogP contribution in [0.4, 0.5) is 0 Å². The Bertz CT molecular complexity index is 354. The molecule has 1 rings (SSSR count). The molecular weight excluding hydrogens is 238 g/mol. The SMILES string of the molecule is CC1C[C@@H](C(=O)O)N(C(=O)C(C)CCC(=O)O)C1. The van der Waals surface area contributed by atoms with Gasteiger partial charge in [0.05, 0.1) is 0 Å². The molecule has 3 atom stereocenters. The van der Waals surface area contributed by atoms with Crippen LogP contribution in [0.3, 0.4) is 0 Å². The van der Waals surface area contributed by atoms with Crippen molar-refractivity contribution in [1.82, 2.24) is 4.90 Å². The Labute approximate surface area is 106 Å². The first kappa shape index (κ1) is 14.5. The molecule has 1 amide bonds. The first-order chi connectivity index (χ1) is 8.32. The lowest BCUT2D eigenvalue weighted by molar-refractivity contribution is -0.150. The zero-order valence-electron chi connectivity index (χ0n) is 10.6. The van der Waals surface area contributed by atoms with Gasteiger partial charge in [0.1, 0.15) is 6.04 Å². The first-order valence-electron chi connectivity index (χ1n) is 6.08. The van der Waals surface area contributed by atoms with Gasteiger partial charge in [-0.05, 0) is 18.8 Å². The highest BCUT2D eigenvalue weighted by Gasteiger charge is 2.39. The predicted molar refractivity (Wildman–Crippen MR) is 63.0 cm³/mol. The molecule has 0 aromatic carbocycles. The van der Waals surface area contributed by atoms with Crippen molar-refractivity contribution in [3.05, 3.63) is 0 Å². The molecule has 0 aliphatic carbocycles. The van der Waals surface area contributed by atoms with E-state index in [1.165, 1.54) is 4.90 Å². The molecule has 18 heavy (non-hydrogen) atoms. The maximum Gasteiger partial charge on any atom is 0.326 e. The van der Waals surface area contributed by atoms with E-state index in [2.05, 4.69) is 0 Å². The van der Waals surface area contributed by atoms with Gasteiger partial charge >= 0.3 is 11.9 Å². The fourth-order valence-corrected chi connectivity index (χ4v) is 2.27. The molecule has 0 radical (unpaired) electrons. The van der Waals surface area contributed by atoms with Crippen LogP contribution in [-0.2, 0) is 14.4 Å². The van der Waals surface area contributed by atoms with Gasteiger partial charge in [-0.2, -0.15) is 0 Å². The number of nitrogens with zero attached hydrogens (tertiary/aromatic N) is 1. The van der Waals surface area contributed by atoms with Crippen molar-refractivity contribution in [1.29, 1.82) is 0 Å². The molecular formula is C12H19NO5. The van der Waals surface area contributed by atoms with Gasteiger partial charge in [0.2, 0.25) is 5.91 Å². The Morgan fingerprint density at radius 3 is 2.44 bits per heavy atom. The normalized spacial score (nSPS) is 24.9. The fraction of sp³-hybridized carbons (Fsp3) is 0.750. The van der Waals surface area contributed by atoms with Crippen molar-refractivity contribution in [2.24, 2.45) is 11.8 Å². The summed E-state index contributed by atoms with van der Waals surface area (Å²) in [5, 5.41) is 17.6. The predicted octanol–water partition coefficient (Wildman–Crippen LogP) is 0.809. The van der Waals surface area contributed by atoms with Gasteiger partial charge in [-0.15, -0.1) is 0 Å². The summed E-state index contributed by atoms with van der Waals surface area (Å²) in [6.07, 6.45) is 0.631. The van der Waals surface area contributed by atoms with Crippen LogP contribution in [0.5, 0.6) is 0 Å². The molecule has 0 aromatic rings. The lowest BCUT2D eigenvalue weighted by atomic mass is 10.0. The van der Waals surface area contributed by atoms with Crippen molar-refractivity contribution >= 4 is 17.8 Å². The molecule has 6 nitrogen and oxygen atoms in total. The summed E-state index contributed by atoms with van der Waals surface area (Å²) < 4.78 is 0. The molecule has 6 heteroatoms. The van der Waals surface area contributed by atoms with Crippen LogP contribution >= 0.6 is 0 Å². The molecule has 1 aliphatic heterocycles. The van der Waals surface area contributed by atoms with E-state index in [-0.39, 0.29) is 24.7 Å². The highest BCUT2D eigenvalue weighted by atomic mass is 16.4. The summed E-state index contributed by atoms with van der Waals surface area (Å²) in [6, 6.07) is -0.764. The number of carboxylic acid groups (broad SMARTS) is 2. The molecule has 0 bridgehead atoms. The fourth-order valence-electron chi connectivity index (χ4n) is 2.27. The number of likely N-dealkylation sites (tertiary alicyclic amines) is 1. The van der Waals surface area contributed by atoms with Gasteiger partial charge in [0.25, 0.3) is 0 Å². The molecule has 1 saturated heterocycles. The minimum absolute atomic E-state index is 0.0754. The highest BCUT2D eigenvalue weighted by Crippen LogP contribution is 2.25. The average molecular weight is 257 g/mol. The minimum atomic E-state index is -0.988. The molecule has 1 aliphatic rings. The van der Waals surface area contributed by atoms with Crippen molar-refractivity contribution in [2.45, 2.75) is 39.2 Å². The van der Waals surface area contributed by atoms with Crippen LogP contribution in [0, 0.1) is 11.8 Å². The van der Waals surface area contributed by atoms with E-state index in [0.29, 0.717) is 13.0 Å². The zero-order chi connectivity index (χ0) is 13.9. The summed E-state index contributed by atoms with van der Waals surface area (Å²) in [7, 11) is 0. The number of carbonyl (C=O) groups is 3. The Hall–Kier alpha value is -1.59. The van der Waals surface area contributed by atoms with Gasteiger partial charge in [-0.25, -0.2) is 4.79 Å². The Morgan fingerprint density at radius 1 is 1.33 bits per heavy atom. The third-order valence-electron chi connectivity index (χ3n) is 3.29. The average Bonchev–Trinajstić information content (AvgIpc) is 2.67. The van der Waals surface area contributed by atoms with E-state index in [1.54, 1.807) is 6.92 Å². The number of hydrogen-bond acceptors (Lipinski definition) is 3. The van der Waals surface area contributed by atoms with Crippen molar-refractivity contribution in [2.75, 3.05) is 6.54 Å². The second-order valence-electron chi connectivity index (χ2n) is 5.02. The Balaban J connectivity index is 2.64. The summed E-state index contributed by atoms with van der Waals surface area (Å²) in [5.41, 5.74) is 0. The van der Waals surface area contributed by atoms with E-state index < -0.39 is 23.9 Å². The van der Waals surface area contributed by atoms with E-state index >= 15 is 0 Å². The lowest BCUT2D eigenvalue weighted by Crippen LogP contribution is -2.43.